The van der Waals surface area contributed by atoms with Crippen LogP contribution in [0.15, 0.2) is 0 Å². The van der Waals surface area contributed by atoms with Crippen molar-refractivity contribution in [2.24, 2.45) is 5.92 Å². The Bertz CT molecular complexity index is 171. The minimum atomic E-state index is -0.753. The lowest BCUT2D eigenvalue weighted by Gasteiger charge is -2.15. The SMILES string of the molecule is CC(C)COC1(CC(=O)O)CC1. The first-order chi connectivity index (χ1) is 5.54. The molecule has 0 saturated heterocycles. The van der Waals surface area contributed by atoms with Gasteiger partial charge in [0.15, 0.2) is 0 Å². The van der Waals surface area contributed by atoms with Crippen molar-refractivity contribution in [3.8, 4) is 0 Å². The van der Waals surface area contributed by atoms with Gasteiger partial charge >= 0.3 is 5.97 Å². The van der Waals surface area contributed by atoms with Crippen LogP contribution < -0.4 is 0 Å². The molecule has 0 bridgehead atoms. The molecule has 0 unspecified atom stereocenters. The van der Waals surface area contributed by atoms with Crippen molar-refractivity contribution < 1.29 is 14.6 Å². The highest BCUT2D eigenvalue weighted by Gasteiger charge is 2.45. The molecule has 3 heteroatoms. The Balaban J connectivity index is 2.25. The monoisotopic (exact) mass is 172 g/mol. The first kappa shape index (κ1) is 9.52. The lowest BCUT2D eigenvalue weighted by molar-refractivity contribution is -0.141. The van der Waals surface area contributed by atoms with Gasteiger partial charge in [0.2, 0.25) is 0 Å². The van der Waals surface area contributed by atoms with Crippen LogP contribution in [0, 0.1) is 5.92 Å². The van der Waals surface area contributed by atoms with Crippen molar-refractivity contribution in [3.63, 3.8) is 0 Å². The quantitative estimate of drug-likeness (QED) is 0.686. The van der Waals surface area contributed by atoms with Gasteiger partial charge in [-0.05, 0) is 18.8 Å². The third-order valence-corrected chi connectivity index (χ3v) is 2.00. The lowest BCUT2D eigenvalue weighted by Crippen LogP contribution is -2.21. The van der Waals surface area contributed by atoms with Crippen molar-refractivity contribution in [1.29, 1.82) is 0 Å². The smallest absolute Gasteiger partial charge is 0.306 e. The number of ether oxygens (including phenoxy) is 1. The highest BCUT2D eigenvalue weighted by molar-refractivity contribution is 5.68. The second-order valence-corrected chi connectivity index (χ2v) is 3.96. The first-order valence-corrected chi connectivity index (χ1v) is 4.40. The topological polar surface area (TPSA) is 46.5 Å². The fourth-order valence-electron chi connectivity index (χ4n) is 1.13. The van der Waals surface area contributed by atoms with E-state index in [1.54, 1.807) is 0 Å². The number of carboxylic acid groups (broad SMARTS) is 1. The molecule has 0 aliphatic heterocycles. The molecule has 0 aromatic heterocycles. The van der Waals surface area contributed by atoms with E-state index in [2.05, 4.69) is 13.8 Å². The Morgan fingerprint density at radius 3 is 2.50 bits per heavy atom. The van der Waals surface area contributed by atoms with Crippen LogP contribution in [0.3, 0.4) is 0 Å². The molecule has 0 amide bonds. The van der Waals surface area contributed by atoms with Crippen molar-refractivity contribution in [2.45, 2.75) is 38.7 Å². The zero-order chi connectivity index (χ0) is 9.19. The van der Waals surface area contributed by atoms with E-state index in [4.69, 9.17) is 9.84 Å². The Hall–Kier alpha value is -0.570. The number of hydrogen-bond acceptors (Lipinski definition) is 2. The van der Waals surface area contributed by atoms with Crippen LogP contribution in [-0.2, 0) is 9.53 Å². The summed E-state index contributed by atoms with van der Waals surface area (Å²) in [4.78, 5) is 10.4. The fourth-order valence-corrected chi connectivity index (χ4v) is 1.13. The van der Waals surface area contributed by atoms with Crippen molar-refractivity contribution in [2.75, 3.05) is 6.61 Å². The summed E-state index contributed by atoms with van der Waals surface area (Å²) in [5.41, 5.74) is -0.296. The van der Waals surface area contributed by atoms with Crippen LogP contribution in [-0.4, -0.2) is 23.3 Å². The normalized spacial score (nSPS) is 19.6. The number of carbonyl (C=O) groups is 1. The Labute approximate surface area is 72.7 Å². The molecule has 0 heterocycles. The van der Waals surface area contributed by atoms with E-state index >= 15 is 0 Å². The average molecular weight is 172 g/mol. The summed E-state index contributed by atoms with van der Waals surface area (Å²) in [7, 11) is 0. The Kier molecular flexibility index (Phi) is 2.73. The summed E-state index contributed by atoms with van der Waals surface area (Å²) >= 11 is 0. The summed E-state index contributed by atoms with van der Waals surface area (Å²) in [5, 5.41) is 8.57. The van der Waals surface area contributed by atoms with Crippen LogP contribution >= 0.6 is 0 Å². The molecule has 1 rings (SSSR count). The third-order valence-electron chi connectivity index (χ3n) is 2.00. The second-order valence-electron chi connectivity index (χ2n) is 3.96. The Morgan fingerprint density at radius 1 is 1.58 bits per heavy atom. The predicted octanol–water partition coefficient (Wildman–Crippen LogP) is 1.67. The van der Waals surface area contributed by atoms with Gasteiger partial charge in [-0.3, -0.25) is 4.79 Å². The van der Waals surface area contributed by atoms with E-state index in [0.29, 0.717) is 12.5 Å². The molecule has 1 aliphatic rings. The minimum Gasteiger partial charge on any atom is -0.481 e. The number of aliphatic carboxylic acids is 1. The van der Waals surface area contributed by atoms with Gasteiger partial charge in [-0.1, -0.05) is 13.8 Å². The summed E-state index contributed by atoms with van der Waals surface area (Å²) < 4.78 is 5.53. The molecule has 0 spiro atoms. The summed E-state index contributed by atoms with van der Waals surface area (Å²) in [6, 6.07) is 0. The molecule has 0 radical (unpaired) electrons. The molecule has 0 aromatic rings. The molecule has 3 nitrogen and oxygen atoms in total. The van der Waals surface area contributed by atoms with Gasteiger partial charge in [0.25, 0.3) is 0 Å². The van der Waals surface area contributed by atoms with Gasteiger partial charge in [0.1, 0.15) is 0 Å². The van der Waals surface area contributed by atoms with Crippen molar-refractivity contribution in [3.05, 3.63) is 0 Å². The molecule has 70 valence electrons. The maximum Gasteiger partial charge on any atom is 0.306 e. The molecular formula is C9H16O3. The zero-order valence-electron chi connectivity index (χ0n) is 7.67. The van der Waals surface area contributed by atoms with E-state index in [0.717, 1.165) is 12.8 Å². The van der Waals surface area contributed by atoms with Gasteiger partial charge < -0.3 is 9.84 Å². The van der Waals surface area contributed by atoms with E-state index in [1.165, 1.54) is 0 Å². The first-order valence-electron chi connectivity index (χ1n) is 4.40. The van der Waals surface area contributed by atoms with Gasteiger partial charge in [-0.2, -0.15) is 0 Å². The maximum absolute atomic E-state index is 10.4. The second kappa shape index (κ2) is 3.44. The standard InChI is InChI=1S/C9H16O3/c1-7(2)6-12-9(3-4-9)5-8(10)11/h7H,3-6H2,1-2H3,(H,10,11). The summed E-state index contributed by atoms with van der Waals surface area (Å²) in [6.07, 6.45) is 1.98. The lowest BCUT2D eigenvalue weighted by atomic mass is 10.2. The minimum absolute atomic E-state index is 0.166. The van der Waals surface area contributed by atoms with Gasteiger partial charge in [0.05, 0.1) is 12.0 Å². The molecule has 0 atom stereocenters. The number of rotatable bonds is 5. The van der Waals surface area contributed by atoms with E-state index < -0.39 is 5.97 Å². The van der Waals surface area contributed by atoms with E-state index in [9.17, 15) is 4.79 Å². The summed E-state index contributed by atoms with van der Waals surface area (Å²) in [6.45, 7) is 4.81. The highest BCUT2D eigenvalue weighted by atomic mass is 16.5. The molecule has 12 heavy (non-hydrogen) atoms. The zero-order valence-corrected chi connectivity index (χ0v) is 7.67. The maximum atomic E-state index is 10.4. The van der Waals surface area contributed by atoms with Crippen LogP contribution in [0.5, 0.6) is 0 Å². The van der Waals surface area contributed by atoms with Gasteiger partial charge in [-0.25, -0.2) is 0 Å². The average Bonchev–Trinajstić information content (AvgIpc) is 2.64. The van der Waals surface area contributed by atoms with E-state index in [1.807, 2.05) is 0 Å². The molecule has 1 fully saturated rings. The molecule has 1 aliphatic carbocycles. The third kappa shape index (κ3) is 2.81. The van der Waals surface area contributed by atoms with Crippen LogP contribution in [0.2, 0.25) is 0 Å². The van der Waals surface area contributed by atoms with Crippen LogP contribution in [0.4, 0.5) is 0 Å². The fraction of sp³-hybridized carbons (Fsp3) is 0.889. The molecule has 0 aromatic carbocycles. The Morgan fingerprint density at radius 2 is 2.17 bits per heavy atom. The highest BCUT2D eigenvalue weighted by Crippen LogP contribution is 2.42. The van der Waals surface area contributed by atoms with Crippen molar-refractivity contribution in [1.82, 2.24) is 0 Å². The van der Waals surface area contributed by atoms with Crippen LogP contribution in [0.25, 0.3) is 0 Å². The van der Waals surface area contributed by atoms with Crippen LogP contribution in [0.1, 0.15) is 33.1 Å². The number of carboxylic acids is 1. The number of hydrogen-bond donors (Lipinski definition) is 1. The van der Waals surface area contributed by atoms with E-state index in [-0.39, 0.29) is 12.0 Å². The molecule has 1 saturated carbocycles. The largest absolute Gasteiger partial charge is 0.481 e. The summed E-state index contributed by atoms with van der Waals surface area (Å²) in [5.74, 6) is -0.271. The predicted molar refractivity (Wildman–Crippen MR) is 45.0 cm³/mol. The van der Waals surface area contributed by atoms with Gasteiger partial charge in [0, 0.05) is 6.61 Å². The molecular weight excluding hydrogens is 156 g/mol. The van der Waals surface area contributed by atoms with Gasteiger partial charge in [-0.15, -0.1) is 0 Å². The molecule has 1 N–H and O–H groups in total. The van der Waals surface area contributed by atoms with Crippen molar-refractivity contribution >= 4 is 5.97 Å².